The Morgan fingerprint density at radius 2 is 1.83 bits per heavy atom. The van der Waals surface area contributed by atoms with E-state index in [2.05, 4.69) is 42.4 Å². The number of rotatable bonds is 7. The second-order valence-corrected chi connectivity index (χ2v) is 5.86. The van der Waals surface area contributed by atoms with Crippen LogP contribution in [0.15, 0.2) is 30.5 Å². The van der Waals surface area contributed by atoms with Crippen molar-refractivity contribution in [3.05, 3.63) is 47.2 Å². The Morgan fingerprint density at radius 1 is 1.17 bits per heavy atom. The molecule has 124 valence electrons. The number of hydrogen-bond acceptors (Lipinski definition) is 2. The highest BCUT2D eigenvalue weighted by Crippen LogP contribution is 2.30. The van der Waals surface area contributed by atoms with Crippen molar-refractivity contribution in [1.82, 2.24) is 9.47 Å². The molecule has 0 amide bonds. The predicted octanol–water partition coefficient (Wildman–Crippen LogP) is 3.81. The summed E-state index contributed by atoms with van der Waals surface area (Å²) in [6.07, 6.45) is 1.78. The van der Waals surface area contributed by atoms with Crippen molar-refractivity contribution in [1.29, 1.82) is 0 Å². The van der Waals surface area contributed by atoms with Crippen molar-refractivity contribution in [3.8, 4) is 11.3 Å². The van der Waals surface area contributed by atoms with Gasteiger partial charge in [0.05, 0.1) is 11.3 Å². The predicted molar refractivity (Wildman–Crippen MR) is 94.1 cm³/mol. The van der Waals surface area contributed by atoms with Crippen molar-refractivity contribution in [2.45, 2.75) is 34.2 Å². The Kier molecular flexibility index (Phi) is 5.61. The monoisotopic (exact) mass is 314 g/mol. The van der Waals surface area contributed by atoms with Gasteiger partial charge in [-0.3, -0.25) is 0 Å². The van der Waals surface area contributed by atoms with Gasteiger partial charge in [0.2, 0.25) is 0 Å². The molecule has 2 rings (SSSR count). The molecule has 0 saturated heterocycles. The highest BCUT2D eigenvalue weighted by molar-refractivity contribution is 5.92. The molecule has 0 saturated carbocycles. The van der Waals surface area contributed by atoms with Crippen LogP contribution in [0.4, 0.5) is 0 Å². The molecular formula is C19H26N2O2. The summed E-state index contributed by atoms with van der Waals surface area (Å²) in [5.74, 6) is -0.862. The molecule has 23 heavy (non-hydrogen) atoms. The molecule has 1 N–H and O–H groups in total. The van der Waals surface area contributed by atoms with E-state index in [-0.39, 0.29) is 0 Å². The summed E-state index contributed by atoms with van der Waals surface area (Å²) >= 11 is 0. The number of likely N-dealkylation sites (N-methyl/N-ethyl adjacent to an activating group) is 1. The molecule has 0 unspecified atom stereocenters. The van der Waals surface area contributed by atoms with E-state index in [0.717, 1.165) is 48.6 Å². The van der Waals surface area contributed by atoms with Crippen LogP contribution in [-0.4, -0.2) is 40.2 Å². The van der Waals surface area contributed by atoms with E-state index in [4.69, 9.17) is 0 Å². The Morgan fingerprint density at radius 3 is 2.39 bits per heavy atom. The molecule has 1 heterocycles. The number of nitrogens with zero attached hydrogens (tertiary/aromatic N) is 2. The van der Waals surface area contributed by atoms with Crippen LogP contribution in [-0.2, 0) is 6.54 Å². The van der Waals surface area contributed by atoms with Crippen molar-refractivity contribution in [2.24, 2.45) is 0 Å². The van der Waals surface area contributed by atoms with Crippen LogP contribution < -0.4 is 0 Å². The first kappa shape index (κ1) is 17.3. The number of carboxylic acids is 1. The molecule has 0 fully saturated rings. The molecular weight excluding hydrogens is 288 g/mol. The Bertz CT molecular complexity index is 685. The first-order chi connectivity index (χ1) is 11.0. The Hall–Kier alpha value is -2.07. The minimum atomic E-state index is -0.862. The second-order valence-electron chi connectivity index (χ2n) is 5.86. The SMILES string of the molecule is CCN(CC)CCn1cc(C(=O)O)c(C)c1-c1ccccc1C. The molecule has 4 heteroatoms. The van der Waals surface area contributed by atoms with Crippen molar-refractivity contribution >= 4 is 5.97 Å². The first-order valence-electron chi connectivity index (χ1n) is 8.20. The third kappa shape index (κ3) is 3.64. The van der Waals surface area contributed by atoms with E-state index in [1.807, 2.05) is 19.1 Å². The maximum absolute atomic E-state index is 11.5. The average Bonchev–Trinajstić information content (AvgIpc) is 2.86. The van der Waals surface area contributed by atoms with Crippen LogP contribution in [0.1, 0.15) is 35.3 Å². The lowest BCUT2D eigenvalue weighted by Crippen LogP contribution is -2.27. The molecule has 1 aromatic carbocycles. The average molecular weight is 314 g/mol. The molecule has 2 aromatic rings. The number of hydrogen-bond donors (Lipinski definition) is 1. The molecule has 0 spiro atoms. The zero-order valence-electron chi connectivity index (χ0n) is 14.5. The van der Waals surface area contributed by atoms with Gasteiger partial charge in [-0.25, -0.2) is 4.79 Å². The summed E-state index contributed by atoms with van der Waals surface area (Å²) < 4.78 is 2.10. The van der Waals surface area contributed by atoms with E-state index in [1.54, 1.807) is 6.20 Å². The van der Waals surface area contributed by atoms with Crippen LogP contribution in [0.5, 0.6) is 0 Å². The number of carboxylic acid groups (broad SMARTS) is 1. The highest BCUT2D eigenvalue weighted by atomic mass is 16.4. The van der Waals surface area contributed by atoms with E-state index < -0.39 is 5.97 Å². The minimum absolute atomic E-state index is 0.391. The number of carbonyl (C=O) groups is 1. The Balaban J connectivity index is 2.47. The molecule has 0 aliphatic carbocycles. The van der Waals surface area contributed by atoms with Gasteiger partial charge >= 0.3 is 5.97 Å². The largest absolute Gasteiger partial charge is 0.478 e. The van der Waals surface area contributed by atoms with E-state index in [9.17, 15) is 9.90 Å². The zero-order chi connectivity index (χ0) is 17.0. The smallest absolute Gasteiger partial charge is 0.337 e. The van der Waals surface area contributed by atoms with Gasteiger partial charge in [0, 0.05) is 24.8 Å². The lowest BCUT2D eigenvalue weighted by Gasteiger charge is -2.20. The maximum Gasteiger partial charge on any atom is 0.337 e. The van der Waals surface area contributed by atoms with Gasteiger partial charge in [-0.15, -0.1) is 0 Å². The third-order valence-corrected chi connectivity index (χ3v) is 4.51. The first-order valence-corrected chi connectivity index (χ1v) is 8.20. The van der Waals surface area contributed by atoms with E-state index in [0.29, 0.717) is 5.56 Å². The summed E-state index contributed by atoms with van der Waals surface area (Å²) in [4.78, 5) is 13.9. The van der Waals surface area contributed by atoms with Gasteiger partial charge in [-0.05, 0) is 38.1 Å². The lowest BCUT2D eigenvalue weighted by molar-refractivity contribution is 0.0696. The van der Waals surface area contributed by atoms with Crippen molar-refractivity contribution in [3.63, 3.8) is 0 Å². The standard InChI is InChI=1S/C19H26N2O2/c1-5-20(6-2)11-12-21-13-17(19(22)23)15(4)18(21)16-10-8-7-9-14(16)3/h7-10,13H,5-6,11-12H2,1-4H3,(H,22,23). The fraction of sp³-hybridized carbons (Fsp3) is 0.421. The van der Waals surface area contributed by atoms with Gasteiger partial charge < -0.3 is 14.6 Å². The molecule has 0 radical (unpaired) electrons. The quantitative estimate of drug-likeness (QED) is 0.845. The van der Waals surface area contributed by atoms with Crippen LogP contribution in [0.2, 0.25) is 0 Å². The normalized spacial score (nSPS) is 11.2. The van der Waals surface area contributed by atoms with Crippen LogP contribution in [0, 0.1) is 13.8 Å². The van der Waals surface area contributed by atoms with Crippen molar-refractivity contribution < 1.29 is 9.90 Å². The fourth-order valence-electron chi connectivity index (χ4n) is 3.04. The zero-order valence-corrected chi connectivity index (χ0v) is 14.5. The van der Waals surface area contributed by atoms with E-state index in [1.165, 1.54) is 0 Å². The number of benzene rings is 1. The van der Waals surface area contributed by atoms with Gasteiger partial charge in [0.25, 0.3) is 0 Å². The number of aryl methyl sites for hydroxylation is 1. The van der Waals surface area contributed by atoms with Gasteiger partial charge in [0.1, 0.15) is 0 Å². The van der Waals surface area contributed by atoms with Crippen LogP contribution >= 0.6 is 0 Å². The third-order valence-electron chi connectivity index (χ3n) is 4.51. The molecule has 0 aliphatic rings. The summed E-state index contributed by atoms with van der Waals surface area (Å²) in [6, 6.07) is 8.15. The number of aromatic nitrogens is 1. The van der Waals surface area contributed by atoms with Gasteiger partial charge in [0.15, 0.2) is 0 Å². The molecule has 0 aliphatic heterocycles. The second kappa shape index (κ2) is 7.47. The van der Waals surface area contributed by atoms with Crippen LogP contribution in [0.25, 0.3) is 11.3 Å². The summed E-state index contributed by atoms with van der Waals surface area (Å²) in [6.45, 7) is 12.0. The fourth-order valence-corrected chi connectivity index (χ4v) is 3.04. The maximum atomic E-state index is 11.5. The molecule has 0 atom stereocenters. The molecule has 0 bridgehead atoms. The topological polar surface area (TPSA) is 45.5 Å². The van der Waals surface area contributed by atoms with Crippen LogP contribution in [0.3, 0.4) is 0 Å². The van der Waals surface area contributed by atoms with E-state index >= 15 is 0 Å². The minimum Gasteiger partial charge on any atom is -0.478 e. The highest BCUT2D eigenvalue weighted by Gasteiger charge is 2.19. The lowest BCUT2D eigenvalue weighted by atomic mass is 10.0. The molecule has 1 aromatic heterocycles. The summed E-state index contributed by atoms with van der Waals surface area (Å²) in [7, 11) is 0. The van der Waals surface area contributed by atoms with Gasteiger partial charge in [-0.1, -0.05) is 38.1 Å². The van der Waals surface area contributed by atoms with Gasteiger partial charge in [-0.2, -0.15) is 0 Å². The number of aromatic carboxylic acids is 1. The Labute approximate surface area is 138 Å². The van der Waals surface area contributed by atoms with Crippen molar-refractivity contribution in [2.75, 3.05) is 19.6 Å². The summed E-state index contributed by atoms with van der Waals surface area (Å²) in [5, 5.41) is 9.47. The molecule has 4 nitrogen and oxygen atoms in total. The summed E-state index contributed by atoms with van der Waals surface area (Å²) in [5.41, 5.74) is 4.52.